The van der Waals surface area contributed by atoms with Crippen molar-refractivity contribution < 1.29 is 9.18 Å². The Balaban J connectivity index is 1.48. The molecule has 2 atom stereocenters. The molecule has 4 heteroatoms. The number of ketones is 1. The van der Waals surface area contributed by atoms with E-state index in [1.54, 1.807) is 13.0 Å². The maximum Gasteiger partial charge on any atom is 0.213 e. The second kappa shape index (κ2) is 6.68. The van der Waals surface area contributed by atoms with Crippen LogP contribution in [0.15, 0.2) is 42.5 Å². The molecule has 0 N–H and O–H groups in total. The fraction of sp³-hybridized carbons (Fsp3) is 0.429. The Morgan fingerprint density at radius 3 is 2.44 bits per heavy atom. The number of carbonyl (C=O) groups excluding carboxylic acids is 1. The van der Waals surface area contributed by atoms with Gasteiger partial charge in [-0.15, -0.1) is 0 Å². The number of hydrogen-bond donors (Lipinski definition) is 0. The lowest BCUT2D eigenvalue weighted by atomic mass is 9.84. The van der Waals surface area contributed by atoms with Crippen LogP contribution in [0.3, 0.4) is 0 Å². The molecule has 0 amide bonds. The lowest BCUT2D eigenvalue weighted by Gasteiger charge is -2.38. The number of piperidine rings is 1. The zero-order valence-electron chi connectivity index (χ0n) is 14.5. The number of aromatic nitrogens is 1. The average molecular weight is 338 g/mol. The van der Waals surface area contributed by atoms with Crippen LogP contribution in [0.1, 0.15) is 47.3 Å². The summed E-state index contributed by atoms with van der Waals surface area (Å²) in [5.41, 5.74) is 2.43. The van der Waals surface area contributed by atoms with Gasteiger partial charge in [-0.2, -0.15) is 4.39 Å². The molecule has 3 nitrogen and oxygen atoms in total. The molecule has 1 aromatic carbocycles. The summed E-state index contributed by atoms with van der Waals surface area (Å²) in [5, 5.41) is 0. The van der Waals surface area contributed by atoms with E-state index in [9.17, 15) is 9.18 Å². The molecule has 2 aliphatic heterocycles. The normalized spacial score (nSPS) is 25.9. The first-order valence-electron chi connectivity index (χ1n) is 9.09. The van der Waals surface area contributed by atoms with Crippen molar-refractivity contribution >= 4 is 5.78 Å². The Labute approximate surface area is 147 Å². The second-order valence-electron chi connectivity index (χ2n) is 7.34. The van der Waals surface area contributed by atoms with Crippen molar-refractivity contribution in [3.05, 3.63) is 65.2 Å². The predicted molar refractivity (Wildman–Crippen MR) is 94.8 cm³/mol. The van der Waals surface area contributed by atoms with Crippen LogP contribution >= 0.6 is 0 Å². The van der Waals surface area contributed by atoms with Crippen LogP contribution in [0, 0.1) is 18.8 Å². The minimum absolute atomic E-state index is 0.0375. The summed E-state index contributed by atoms with van der Waals surface area (Å²) in [5.74, 6) is -0.344. The molecule has 0 saturated carbocycles. The first kappa shape index (κ1) is 16.4. The van der Waals surface area contributed by atoms with Gasteiger partial charge in [0.05, 0.1) is 5.69 Å². The Hall–Kier alpha value is -2.07. The van der Waals surface area contributed by atoms with Crippen molar-refractivity contribution in [3.63, 3.8) is 0 Å². The number of rotatable bonds is 4. The molecule has 2 unspecified atom stereocenters. The summed E-state index contributed by atoms with van der Waals surface area (Å²) >= 11 is 0. The fourth-order valence-electron chi connectivity index (χ4n) is 4.55. The minimum atomic E-state index is -0.521. The summed E-state index contributed by atoms with van der Waals surface area (Å²) in [6, 6.07) is 14.4. The zero-order valence-corrected chi connectivity index (χ0v) is 14.5. The first-order chi connectivity index (χ1) is 12.1. The third-order valence-electron chi connectivity index (χ3n) is 5.78. The third kappa shape index (κ3) is 3.23. The SMILES string of the molecule is Cc1nc(F)ccc1C(=O)C1CC2CCC(C1)N2Cc1ccccc1. The summed E-state index contributed by atoms with van der Waals surface area (Å²) in [6.45, 7) is 2.68. The van der Waals surface area contributed by atoms with Crippen LogP contribution < -0.4 is 0 Å². The van der Waals surface area contributed by atoms with Gasteiger partial charge in [-0.3, -0.25) is 9.69 Å². The third-order valence-corrected chi connectivity index (χ3v) is 5.78. The monoisotopic (exact) mass is 338 g/mol. The maximum atomic E-state index is 13.2. The molecule has 0 radical (unpaired) electrons. The highest BCUT2D eigenvalue weighted by atomic mass is 19.1. The fourth-order valence-corrected chi connectivity index (χ4v) is 4.55. The van der Waals surface area contributed by atoms with Crippen molar-refractivity contribution in [2.24, 2.45) is 5.92 Å². The van der Waals surface area contributed by atoms with E-state index in [4.69, 9.17) is 0 Å². The highest BCUT2D eigenvalue weighted by Crippen LogP contribution is 2.40. The predicted octanol–water partition coefficient (Wildman–Crippen LogP) is 4.16. The van der Waals surface area contributed by atoms with Crippen LogP contribution in [0.5, 0.6) is 0 Å². The second-order valence-corrected chi connectivity index (χ2v) is 7.34. The average Bonchev–Trinajstić information content (AvgIpc) is 2.83. The molecule has 2 saturated heterocycles. The van der Waals surface area contributed by atoms with E-state index in [0.29, 0.717) is 23.3 Å². The molecule has 2 fully saturated rings. The minimum Gasteiger partial charge on any atom is -0.294 e. The first-order valence-corrected chi connectivity index (χ1v) is 9.09. The summed E-state index contributed by atoms with van der Waals surface area (Å²) < 4.78 is 13.2. The summed E-state index contributed by atoms with van der Waals surface area (Å²) in [7, 11) is 0. The van der Waals surface area contributed by atoms with Crippen molar-refractivity contribution in [1.29, 1.82) is 0 Å². The number of Topliss-reactive ketones (excluding diaryl/α,β-unsaturated/α-hetero) is 1. The molecule has 0 spiro atoms. The number of pyridine rings is 1. The van der Waals surface area contributed by atoms with E-state index in [1.165, 1.54) is 24.5 Å². The molecule has 2 bridgehead atoms. The van der Waals surface area contributed by atoms with Crippen molar-refractivity contribution in [3.8, 4) is 0 Å². The Bertz CT molecular complexity index is 763. The zero-order chi connectivity index (χ0) is 17.4. The van der Waals surface area contributed by atoms with E-state index in [-0.39, 0.29) is 11.7 Å². The smallest absolute Gasteiger partial charge is 0.213 e. The maximum absolute atomic E-state index is 13.2. The largest absolute Gasteiger partial charge is 0.294 e. The van der Waals surface area contributed by atoms with E-state index in [0.717, 1.165) is 19.4 Å². The Kier molecular flexibility index (Phi) is 4.38. The topological polar surface area (TPSA) is 33.2 Å². The molecule has 3 heterocycles. The van der Waals surface area contributed by atoms with Gasteiger partial charge in [0, 0.05) is 30.1 Å². The van der Waals surface area contributed by atoms with E-state index < -0.39 is 5.95 Å². The highest BCUT2D eigenvalue weighted by molar-refractivity contribution is 5.98. The molecule has 0 aliphatic carbocycles. The van der Waals surface area contributed by atoms with Crippen molar-refractivity contribution in [2.45, 2.75) is 51.2 Å². The summed E-state index contributed by atoms with van der Waals surface area (Å²) in [6.07, 6.45) is 4.14. The van der Waals surface area contributed by atoms with Crippen LogP contribution in [0.4, 0.5) is 4.39 Å². The lowest BCUT2D eigenvalue weighted by molar-refractivity contribution is 0.0677. The number of hydrogen-bond acceptors (Lipinski definition) is 3. The van der Waals surface area contributed by atoms with E-state index >= 15 is 0 Å². The molecule has 4 rings (SSSR count). The van der Waals surface area contributed by atoms with Crippen molar-refractivity contribution in [2.75, 3.05) is 0 Å². The van der Waals surface area contributed by atoms with Gasteiger partial charge < -0.3 is 0 Å². The number of fused-ring (bicyclic) bond motifs is 2. The van der Waals surface area contributed by atoms with Crippen LogP contribution in [-0.4, -0.2) is 27.8 Å². The van der Waals surface area contributed by atoms with Crippen molar-refractivity contribution in [1.82, 2.24) is 9.88 Å². The lowest BCUT2D eigenvalue weighted by Crippen LogP contribution is -2.44. The Morgan fingerprint density at radius 1 is 1.12 bits per heavy atom. The molecule has 2 aliphatic rings. The molecule has 130 valence electrons. The van der Waals surface area contributed by atoms with Gasteiger partial charge in [0.25, 0.3) is 0 Å². The number of carbonyl (C=O) groups is 1. The van der Waals surface area contributed by atoms with Crippen LogP contribution in [0.25, 0.3) is 0 Å². The van der Waals surface area contributed by atoms with Gasteiger partial charge in [0.15, 0.2) is 5.78 Å². The molecular weight excluding hydrogens is 315 g/mol. The summed E-state index contributed by atoms with van der Waals surface area (Å²) in [4.78, 5) is 19.3. The van der Waals surface area contributed by atoms with Gasteiger partial charge in [-0.05, 0) is 50.3 Å². The quantitative estimate of drug-likeness (QED) is 0.620. The van der Waals surface area contributed by atoms with Gasteiger partial charge in [0.2, 0.25) is 5.95 Å². The number of benzene rings is 1. The van der Waals surface area contributed by atoms with Crippen LogP contribution in [0.2, 0.25) is 0 Å². The van der Waals surface area contributed by atoms with E-state index in [1.807, 2.05) is 6.07 Å². The molecule has 2 aromatic rings. The standard InChI is InChI=1S/C21H23FN2O/c1-14-19(9-10-20(22)23-14)21(25)16-11-17-7-8-18(12-16)24(17)13-15-5-3-2-4-6-15/h2-6,9-10,16-18H,7-8,11-13H2,1H3. The molecule has 1 aromatic heterocycles. The van der Waals surface area contributed by atoms with Crippen LogP contribution in [-0.2, 0) is 6.54 Å². The highest BCUT2D eigenvalue weighted by Gasteiger charge is 2.43. The van der Waals surface area contributed by atoms with E-state index in [2.05, 4.69) is 34.1 Å². The molecular formula is C21H23FN2O. The number of halogens is 1. The molecule has 25 heavy (non-hydrogen) atoms. The van der Waals surface area contributed by atoms with Gasteiger partial charge in [-0.1, -0.05) is 30.3 Å². The number of nitrogens with zero attached hydrogens (tertiary/aromatic N) is 2. The Morgan fingerprint density at radius 2 is 1.80 bits per heavy atom. The van der Waals surface area contributed by atoms with Gasteiger partial charge in [0.1, 0.15) is 0 Å². The number of aryl methyl sites for hydroxylation is 1. The van der Waals surface area contributed by atoms with Gasteiger partial charge in [-0.25, -0.2) is 4.98 Å². The van der Waals surface area contributed by atoms with Gasteiger partial charge >= 0.3 is 0 Å².